The zero-order valence-corrected chi connectivity index (χ0v) is 36.6. The van der Waals surface area contributed by atoms with Gasteiger partial charge < -0.3 is 13.9 Å². The Balaban J connectivity index is 0.889. The van der Waals surface area contributed by atoms with E-state index in [2.05, 4.69) is 252 Å². The standard InChI is InChI=1S/C64H42N2O/c1-2-21-52-45(15-1)16-13-26-53(52)47-17-11-19-50(41-47)65(51-20-12-18-48(42-51)55-27-14-28-59-58-25-6-10-32-63(58)67-64(55)59)49-39-37-44(38-40-49)43-33-35-46(36-34-43)54-22-3-7-29-60(54)66-61-30-8-4-23-56(61)57-24-5-9-31-62(57)66/h1-42H. The summed E-state index contributed by atoms with van der Waals surface area (Å²) in [6.07, 6.45) is 0. The lowest BCUT2D eigenvalue weighted by atomic mass is 9.97. The van der Waals surface area contributed by atoms with Crippen molar-refractivity contribution in [3.63, 3.8) is 0 Å². The van der Waals surface area contributed by atoms with Gasteiger partial charge in [0.15, 0.2) is 0 Å². The molecule has 2 aromatic heterocycles. The molecule has 0 N–H and O–H groups in total. The molecular formula is C64H42N2O. The van der Waals surface area contributed by atoms with Gasteiger partial charge >= 0.3 is 0 Å². The molecule has 0 atom stereocenters. The molecule has 0 amide bonds. The summed E-state index contributed by atoms with van der Waals surface area (Å²) in [5, 5.41) is 7.23. The highest BCUT2D eigenvalue weighted by Crippen LogP contribution is 2.43. The summed E-state index contributed by atoms with van der Waals surface area (Å²) in [6, 6.07) is 91.8. The van der Waals surface area contributed by atoms with E-state index in [-0.39, 0.29) is 0 Å². The number of hydrogen-bond acceptors (Lipinski definition) is 2. The lowest BCUT2D eigenvalue weighted by Gasteiger charge is -2.27. The van der Waals surface area contributed by atoms with Crippen molar-refractivity contribution in [1.82, 2.24) is 4.57 Å². The lowest BCUT2D eigenvalue weighted by Crippen LogP contribution is -2.10. The predicted octanol–water partition coefficient (Wildman–Crippen LogP) is 18.0. The van der Waals surface area contributed by atoms with Gasteiger partial charge in [0, 0.05) is 49.7 Å². The Morgan fingerprint density at radius 3 is 1.52 bits per heavy atom. The Bertz CT molecular complexity index is 3930. The summed E-state index contributed by atoms with van der Waals surface area (Å²) in [7, 11) is 0. The Labute approximate surface area is 388 Å². The maximum absolute atomic E-state index is 6.53. The molecule has 0 spiro atoms. The summed E-state index contributed by atoms with van der Waals surface area (Å²) in [5.41, 5.74) is 17.8. The SMILES string of the molecule is c1cc(-c2cccc3ccccc23)cc(N(c2ccc(-c3ccc(-c4ccccc4-n4c5ccccc5c5ccccc54)cc3)cc2)c2cccc(-c3cccc4c3oc3ccccc34)c2)c1. The minimum absolute atomic E-state index is 0.895. The van der Waals surface area contributed by atoms with Gasteiger partial charge in [0.2, 0.25) is 0 Å². The summed E-state index contributed by atoms with van der Waals surface area (Å²) < 4.78 is 8.94. The van der Waals surface area contributed by atoms with Crippen LogP contribution in [0.4, 0.5) is 17.1 Å². The maximum Gasteiger partial charge on any atom is 0.143 e. The minimum atomic E-state index is 0.895. The molecule has 67 heavy (non-hydrogen) atoms. The number of furan rings is 1. The second-order valence-electron chi connectivity index (χ2n) is 17.3. The number of para-hydroxylation sites is 5. The molecule has 0 bridgehead atoms. The van der Waals surface area contributed by atoms with E-state index >= 15 is 0 Å². The number of anilines is 3. The van der Waals surface area contributed by atoms with Crippen molar-refractivity contribution < 1.29 is 4.42 Å². The van der Waals surface area contributed by atoms with Crippen LogP contribution in [0, 0.1) is 0 Å². The van der Waals surface area contributed by atoms with E-state index in [0.29, 0.717) is 0 Å². The third kappa shape index (κ3) is 6.59. The van der Waals surface area contributed by atoms with Crippen molar-refractivity contribution in [2.24, 2.45) is 0 Å². The topological polar surface area (TPSA) is 21.3 Å². The Morgan fingerprint density at radius 2 is 0.791 bits per heavy atom. The van der Waals surface area contributed by atoms with Crippen molar-refractivity contribution in [2.75, 3.05) is 4.90 Å². The molecule has 0 fully saturated rings. The van der Waals surface area contributed by atoms with Gasteiger partial charge in [-0.1, -0.05) is 194 Å². The van der Waals surface area contributed by atoms with Gasteiger partial charge in [0.05, 0.1) is 16.7 Å². The first-order chi connectivity index (χ1) is 33.2. The largest absolute Gasteiger partial charge is 0.455 e. The Hall–Kier alpha value is -8.92. The zero-order valence-electron chi connectivity index (χ0n) is 36.6. The molecule has 3 heteroatoms. The number of nitrogens with zero attached hydrogens (tertiary/aromatic N) is 2. The molecular weight excluding hydrogens is 813 g/mol. The number of rotatable bonds is 8. The predicted molar refractivity (Wildman–Crippen MR) is 282 cm³/mol. The summed E-state index contributed by atoms with van der Waals surface area (Å²) in [5.74, 6) is 0. The fraction of sp³-hybridized carbons (Fsp3) is 0. The molecule has 13 rings (SSSR count). The molecule has 0 aliphatic carbocycles. The fourth-order valence-corrected chi connectivity index (χ4v) is 10.3. The average molecular weight is 855 g/mol. The van der Waals surface area contributed by atoms with Gasteiger partial charge in [0.25, 0.3) is 0 Å². The van der Waals surface area contributed by atoms with Crippen LogP contribution < -0.4 is 4.90 Å². The minimum Gasteiger partial charge on any atom is -0.455 e. The smallest absolute Gasteiger partial charge is 0.143 e. The maximum atomic E-state index is 6.53. The van der Waals surface area contributed by atoms with E-state index in [9.17, 15) is 0 Å². The van der Waals surface area contributed by atoms with Crippen LogP contribution in [-0.2, 0) is 0 Å². The third-order valence-electron chi connectivity index (χ3n) is 13.4. The molecule has 0 saturated heterocycles. The van der Waals surface area contributed by atoms with Crippen LogP contribution in [0.25, 0.3) is 105 Å². The Morgan fingerprint density at radius 1 is 0.299 bits per heavy atom. The van der Waals surface area contributed by atoms with Gasteiger partial charge in [-0.3, -0.25) is 0 Å². The summed E-state index contributed by atoms with van der Waals surface area (Å²) in [6.45, 7) is 0. The zero-order chi connectivity index (χ0) is 44.3. The van der Waals surface area contributed by atoms with Crippen molar-refractivity contribution >= 4 is 71.6 Å². The van der Waals surface area contributed by atoms with Crippen molar-refractivity contribution in [2.45, 2.75) is 0 Å². The van der Waals surface area contributed by atoms with Crippen LogP contribution in [0.15, 0.2) is 259 Å². The summed E-state index contributed by atoms with van der Waals surface area (Å²) >= 11 is 0. The highest BCUT2D eigenvalue weighted by molar-refractivity contribution is 6.11. The second kappa shape index (κ2) is 16.0. The van der Waals surface area contributed by atoms with Crippen LogP contribution >= 0.6 is 0 Å². The first-order valence-electron chi connectivity index (χ1n) is 22.9. The van der Waals surface area contributed by atoms with Crippen LogP contribution in [0.5, 0.6) is 0 Å². The molecule has 0 saturated carbocycles. The first kappa shape index (κ1) is 38.5. The van der Waals surface area contributed by atoms with Gasteiger partial charge in [0.1, 0.15) is 11.2 Å². The lowest BCUT2D eigenvalue weighted by molar-refractivity contribution is 0.670. The molecule has 3 nitrogen and oxygen atoms in total. The van der Waals surface area contributed by atoms with Crippen LogP contribution in [0.3, 0.4) is 0 Å². The van der Waals surface area contributed by atoms with Crippen LogP contribution in [0.2, 0.25) is 0 Å². The van der Waals surface area contributed by atoms with Crippen molar-refractivity contribution in [3.8, 4) is 50.2 Å². The van der Waals surface area contributed by atoms with E-state index in [0.717, 1.165) is 61.3 Å². The number of benzene rings is 11. The third-order valence-corrected chi connectivity index (χ3v) is 13.4. The monoisotopic (exact) mass is 854 g/mol. The van der Waals surface area contributed by atoms with Gasteiger partial charge in [-0.15, -0.1) is 0 Å². The quantitative estimate of drug-likeness (QED) is 0.152. The van der Waals surface area contributed by atoms with E-state index in [4.69, 9.17) is 4.42 Å². The molecule has 13 aromatic rings. The number of hydrogen-bond donors (Lipinski definition) is 0. The molecule has 0 unspecified atom stereocenters. The first-order valence-corrected chi connectivity index (χ1v) is 22.9. The van der Waals surface area contributed by atoms with E-state index in [1.54, 1.807) is 0 Å². The van der Waals surface area contributed by atoms with Gasteiger partial charge in [-0.05, 0) is 105 Å². The number of aromatic nitrogens is 1. The highest BCUT2D eigenvalue weighted by atomic mass is 16.3. The highest BCUT2D eigenvalue weighted by Gasteiger charge is 2.19. The molecule has 2 heterocycles. The Kier molecular flexibility index (Phi) is 9.17. The second-order valence-corrected chi connectivity index (χ2v) is 17.3. The number of fused-ring (bicyclic) bond motifs is 7. The average Bonchev–Trinajstić information content (AvgIpc) is 3.95. The van der Waals surface area contributed by atoms with Crippen molar-refractivity contribution in [3.05, 3.63) is 255 Å². The molecule has 11 aromatic carbocycles. The van der Waals surface area contributed by atoms with Crippen LogP contribution in [0.1, 0.15) is 0 Å². The molecule has 0 aliphatic rings. The summed E-state index contributed by atoms with van der Waals surface area (Å²) in [4.78, 5) is 2.37. The van der Waals surface area contributed by atoms with E-state index in [1.807, 2.05) is 12.1 Å². The van der Waals surface area contributed by atoms with Gasteiger partial charge in [-0.25, -0.2) is 0 Å². The molecule has 314 valence electrons. The fourth-order valence-electron chi connectivity index (χ4n) is 10.3. The van der Waals surface area contributed by atoms with Crippen molar-refractivity contribution in [1.29, 1.82) is 0 Å². The van der Waals surface area contributed by atoms with E-state index < -0.39 is 0 Å². The van der Waals surface area contributed by atoms with Gasteiger partial charge in [-0.2, -0.15) is 0 Å². The van der Waals surface area contributed by atoms with E-state index in [1.165, 1.54) is 60.5 Å². The molecule has 0 aliphatic heterocycles. The van der Waals surface area contributed by atoms with Crippen LogP contribution in [-0.4, -0.2) is 4.57 Å². The molecule has 0 radical (unpaired) electrons. The normalized spacial score (nSPS) is 11.6.